The lowest BCUT2D eigenvalue weighted by molar-refractivity contribution is 0.230. The molecule has 0 saturated carbocycles. The molecule has 2 aromatic heterocycles. The summed E-state index contributed by atoms with van der Waals surface area (Å²) in [6.45, 7) is 0. The highest BCUT2D eigenvalue weighted by atomic mass is 16.2. The third-order valence-electron chi connectivity index (χ3n) is 4.21. The summed E-state index contributed by atoms with van der Waals surface area (Å²) in [6.07, 6.45) is 5.13. The average molecular weight is 310 g/mol. The van der Waals surface area contributed by atoms with Crippen LogP contribution in [0.25, 0.3) is 22.6 Å². The fraction of sp³-hybridized carbons (Fsp3) is 0.312. The molecule has 0 radical (unpaired) electrons. The summed E-state index contributed by atoms with van der Waals surface area (Å²) >= 11 is 0. The molecule has 23 heavy (non-hydrogen) atoms. The normalized spacial score (nSPS) is 13.3. The molecule has 4 rings (SSSR count). The topological polar surface area (TPSA) is 89.7 Å². The third kappa shape index (κ3) is 2.34. The first-order chi connectivity index (χ1) is 11.1. The Morgan fingerprint density at radius 1 is 1.26 bits per heavy atom. The van der Waals surface area contributed by atoms with E-state index in [2.05, 4.69) is 37.6 Å². The van der Waals surface area contributed by atoms with Crippen LogP contribution in [0.2, 0.25) is 0 Å². The van der Waals surface area contributed by atoms with Crippen molar-refractivity contribution >= 4 is 22.8 Å². The number of H-pyrrole nitrogens is 2. The van der Waals surface area contributed by atoms with Gasteiger partial charge in [0, 0.05) is 20.3 Å². The van der Waals surface area contributed by atoms with Crippen LogP contribution in [0.15, 0.2) is 18.3 Å². The van der Waals surface area contributed by atoms with Crippen molar-refractivity contribution in [2.24, 2.45) is 0 Å². The van der Waals surface area contributed by atoms with Gasteiger partial charge in [0.05, 0.1) is 16.7 Å². The number of anilines is 1. The first kappa shape index (κ1) is 13.8. The number of nitrogens with one attached hydrogen (secondary N) is 3. The van der Waals surface area contributed by atoms with Crippen molar-refractivity contribution < 1.29 is 4.79 Å². The second-order valence-electron chi connectivity index (χ2n) is 6.05. The molecule has 3 N–H and O–H groups in total. The summed E-state index contributed by atoms with van der Waals surface area (Å²) in [6, 6.07) is 4.13. The molecule has 2 heterocycles. The van der Waals surface area contributed by atoms with Crippen LogP contribution in [-0.2, 0) is 12.8 Å². The number of benzene rings is 1. The number of carbonyl (C=O) groups is 1. The SMILES string of the molecule is CN(C)C(=O)Nc1c[nH]nc1-c1nc2cc3c(cc2[nH]1)CCC3. The van der Waals surface area contributed by atoms with Crippen LogP contribution in [0.5, 0.6) is 0 Å². The summed E-state index contributed by atoms with van der Waals surface area (Å²) in [5.41, 5.74) is 5.95. The molecule has 0 aliphatic heterocycles. The molecule has 1 aromatic carbocycles. The molecule has 0 bridgehead atoms. The molecule has 118 valence electrons. The molecule has 1 aliphatic rings. The Morgan fingerprint density at radius 2 is 2.04 bits per heavy atom. The highest BCUT2D eigenvalue weighted by Crippen LogP contribution is 2.29. The van der Waals surface area contributed by atoms with Crippen molar-refractivity contribution in [1.82, 2.24) is 25.1 Å². The Kier molecular flexibility index (Phi) is 3.07. The first-order valence-electron chi connectivity index (χ1n) is 7.66. The first-order valence-corrected chi connectivity index (χ1v) is 7.66. The van der Waals surface area contributed by atoms with Gasteiger partial charge in [0.2, 0.25) is 0 Å². The number of aromatic amines is 2. The van der Waals surface area contributed by atoms with Gasteiger partial charge >= 0.3 is 6.03 Å². The van der Waals surface area contributed by atoms with Crippen LogP contribution in [0.3, 0.4) is 0 Å². The standard InChI is InChI=1S/C16H18N6O/c1-22(2)16(23)20-13-8-17-21-14(13)15-18-11-6-9-4-3-5-10(9)7-12(11)19-15/h6-8H,3-5H2,1-2H3,(H,17,21)(H,18,19)(H,20,23). The number of aryl methyl sites for hydroxylation is 2. The zero-order chi connectivity index (χ0) is 16.0. The van der Waals surface area contributed by atoms with Gasteiger partial charge in [-0.1, -0.05) is 0 Å². The number of urea groups is 1. The van der Waals surface area contributed by atoms with Crippen molar-refractivity contribution in [1.29, 1.82) is 0 Å². The van der Waals surface area contributed by atoms with E-state index in [1.165, 1.54) is 22.4 Å². The van der Waals surface area contributed by atoms with Crippen molar-refractivity contribution in [3.05, 3.63) is 29.5 Å². The quantitative estimate of drug-likeness (QED) is 0.679. The largest absolute Gasteiger partial charge is 0.337 e. The molecular formula is C16H18N6O. The maximum absolute atomic E-state index is 11.8. The molecule has 0 spiro atoms. The maximum Gasteiger partial charge on any atom is 0.321 e. The number of hydrogen-bond acceptors (Lipinski definition) is 3. The number of hydrogen-bond donors (Lipinski definition) is 3. The number of aromatic nitrogens is 4. The van der Waals surface area contributed by atoms with Gasteiger partial charge in [-0.2, -0.15) is 5.10 Å². The minimum atomic E-state index is -0.206. The number of rotatable bonds is 2. The van der Waals surface area contributed by atoms with E-state index in [9.17, 15) is 4.79 Å². The molecule has 0 fully saturated rings. The average Bonchev–Trinajstić information content (AvgIpc) is 3.22. The van der Waals surface area contributed by atoms with Gasteiger partial charge in [0.25, 0.3) is 0 Å². The van der Waals surface area contributed by atoms with Crippen LogP contribution in [0, 0.1) is 0 Å². The molecule has 7 nitrogen and oxygen atoms in total. The lowest BCUT2D eigenvalue weighted by atomic mass is 10.1. The summed E-state index contributed by atoms with van der Waals surface area (Å²) in [7, 11) is 3.38. The molecule has 0 atom stereocenters. The van der Waals surface area contributed by atoms with Gasteiger partial charge in [-0.3, -0.25) is 5.10 Å². The van der Waals surface area contributed by atoms with Crippen LogP contribution in [0.4, 0.5) is 10.5 Å². The van der Waals surface area contributed by atoms with Crippen molar-refractivity contribution in [3.8, 4) is 11.5 Å². The minimum absolute atomic E-state index is 0.206. The Labute approximate surface area is 133 Å². The third-order valence-corrected chi connectivity index (χ3v) is 4.21. The highest BCUT2D eigenvalue weighted by molar-refractivity contribution is 5.93. The zero-order valence-corrected chi connectivity index (χ0v) is 13.1. The number of nitrogens with zero attached hydrogens (tertiary/aromatic N) is 3. The van der Waals surface area contributed by atoms with Crippen molar-refractivity contribution in [2.45, 2.75) is 19.3 Å². The number of imidazole rings is 1. The fourth-order valence-electron chi connectivity index (χ4n) is 2.98. The lowest BCUT2D eigenvalue weighted by Crippen LogP contribution is -2.27. The van der Waals surface area contributed by atoms with Crippen LogP contribution in [-0.4, -0.2) is 45.2 Å². The lowest BCUT2D eigenvalue weighted by Gasteiger charge is -2.10. The molecule has 0 unspecified atom stereocenters. The molecular weight excluding hydrogens is 292 g/mol. The zero-order valence-electron chi connectivity index (χ0n) is 13.1. The van der Waals surface area contributed by atoms with Gasteiger partial charge in [-0.25, -0.2) is 9.78 Å². The predicted molar refractivity (Wildman–Crippen MR) is 88.4 cm³/mol. The molecule has 2 amide bonds. The monoisotopic (exact) mass is 310 g/mol. The van der Waals surface area contributed by atoms with E-state index in [1.54, 1.807) is 20.3 Å². The molecule has 3 aromatic rings. The van der Waals surface area contributed by atoms with Gasteiger partial charge in [0.15, 0.2) is 11.5 Å². The van der Waals surface area contributed by atoms with Crippen LogP contribution >= 0.6 is 0 Å². The number of amides is 2. The number of carbonyl (C=O) groups excluding carboxylic acids is 1. The summed E-state index contributed by atoms with van der Waals surface area (Å²) in [5, 5.41) is 9.82. The van der Waals surface area contributed by atoms with E-state index in [0.717, 1.165) is 23.9 Å². The van der Waals surface area contributed by atoms with E-state index in [1.807, 2.05) is 0 Å². The highest BCUT2D eigenvalue weighted by Gasteiger charge is 2.18. The number of fused-ring (bicyclic) bond motifs is 2. The van der Waals surface area contributed by atoms with Gasteiger partial charge in [-0.15, -0.1) is 0 Å². The van der Waals surface area contributed by atoms with Gasteiger partial charge in [-0.05, 0) is 42.5 Å². The van der Waals surface area contributed by atoms with E-state index < -0.39 is 0 Å². The summed E-state index contributed by atoms with van der Waals surface area (Å²) < 4.78 is 0. The smallest absolute Gasteiger partial charge is 0.321 e. The minimum Gasteiger partial charge on any atom is -0.337 e. The van der Waals surface area contributed by atoms with E-state index in [0.29, 0.717) is 17.2 Å². The van der Waals surface area contributed by atoms with Crippen LogP contribution in [0.1, 0.15) is 17.5 Å². The van der Waals surface area contributed by atoms with Gasteiger partial charge in [0.1, 0.15) is 0 Å². The predicted octanol–water partition coefficient (Wildman–Crippen LogP) is 2.54. The fourth-order valence-corrected chi connectivity index (χ4v) is 2.98. The molecule has 0 saturated heterocycles. The Hall–Kier alpha value is -2.83. The Morgan fingerprint density at radius 3 is 2.83 bits per heavy atom. The maximum atomic E-state index is 11.8. The second kappa shape index (κ2) is 5.12. The second-order valence-corrected chi connectivity index (χ2v) is 6.05. The molecule has 7 heteroatoms. The molecule has 1 aliphatic carbocycles. The van der Waals surface area contributed by atoms with E-state index >= 15 is 0 Å². The summed E-state index contributed by atoms with van der Waals surface area (Å²) in [4.78, 5) is 21.3. The van der Waals surface area contributed by atoms with Gasteiger partial charge < -0.3 is 15.2 Å². The van der Waals surface area contributed by atoms with Crippen LogP contribution < -0.4 is 5.32 Å². The Balaban J connectivity index is 1.73. The van der Waals surface area contributed by atoms with E-state index in [4.69, 9.17) is 0 Å². The van der Waals surface area contributed by atoms with E-state index in [-0.39, 0.29) is 6.03 Å². The van der Waals surface area contributed by atoms with Crippen molar-refractivity contribution in [3.63, 3.8) is 0 Å². The Bertz CT molecular complexity index is 850. The summed E-state index contributed by atoms with van der Waals surface area (Å²) in [5.74, 6) is 0.652. The van der Waals surface area contributed by atoms with Crippen molar-refractivity contribution in [2.75, 3.05) is 19.4 Å².